The van der Waals surface area contributed by atoms with Crippen molar-refractivity contribution in [2.75, 3.05) is 44.7 Å². The van der Waals surface area contributed by atoms with Crippen molar-refractivity contribution in [3.8, 4) is 17.2 Å². The molecule has 1 unspecified atom stereocenters. The minimum Gasteiger partial charge on any atom is -0.493 e. The summed E-state index contributed by atoms with van der Waals surface area (Å²) in [6.07, 6.45) is 3.05. The lowest BCUT2D eigenvalue weighted by molar-refractivity contribution is -0.137. The van der Waals surface area contributed by atoms with Gasteiger partial charge in [-0.25, -0.2) is 0 Å². The van der Waals surface area contributed by atoms with Crippen LogP contribution < -0.4 is 19.1 Å². The van der Waals surface area contributed by atoms with Crippen molar-refractivity contribution >= 4 is 28.3 Å². The molecule has 0 saturated carbocycles. The Morgan fingerprint density at radius 1 is 0.808 bits per heavy atom. The fourth-order valence-electron chi connectivity index (χ4n) is 6.89. The van der Waals surface area contributed by atoms with Gasteiger partial charge in [0.05, 0.1) is 18.9 Å². The Bertz CT molecular complexity index is 1980. The van der Waals surface area contributed by atoms with Gasteiger partial charge in [0.15, 0.2) is 17.3 Å². The van der Waals surface area contributed by atoms with Gasteiger partial charge in [0.2, 0.25) is 0 Å². The molecule has 0 spiro atoms. The van der Waals surface area contributed by atoms with E-state index >= 15 is 0 Å². The van der Waals surface area contributed by atoms with E-state index in [1.165, 1.54) is 5.56 Å². The van der Waals surface area contributed by atoms with Gasteiger partial charge in [-0.05, 0) is 69.2 Å². The highest BCUT2D eigenvalue weighted by Gasteiger charge is 2.24. The molecule has 0 amide bonds. The second-order valence-electron chi connectivity index (χ2n) is 13.7. The van der Waals surface area contributed by atoms with Crippen molar-refractivity contribution in [1.82, 2.24) is 9.47 Å². The lowest BCUT2D eigenvalue weighted by Gasteiger charge is -2.37. The van der Waals surface area contributed by atoms with Gasteiger partial charge in [0.1, 0.15) is 11.9 Å². The van der Waals surface area contributed by atoms with Gasteiger partial charge in [-0.15, -0.1) is 0 Å². The second-order valence-corrected chi connectivity index (χ2v) is 13.7. The molecule has 0 bridgehead atoms. The topological polar surface area (TPSA) is 93.5 Å². The SMILES string of the molecule is COc1cc(C(=O)c2cn(CCCC(=O)O)c3ccccc23)ccc1OC(CCN1CCN(c2ccccc2OC(C)C)CC1)c1ccc(C)cc1. The quantitative estimate of drug-likeness (QED) is 0.103. The number of carboxylic acid groups (broad SMARTS) is 1. The van der Waals surface area contributed by atoms with Crippen LogP contribution in [0.1, 0.15) is 66.3 Å². The summed E-state index contributed by atoms with van der Waals surface area (Å²) < 4.78 is 20.6. The highest BCUT2D eigenvalue weighted by atomic mass is 16.5. The van der Waals surface area contributed by atoms with Crippen LogP contribution in [-0.2, 0) is 11.3 Å². The second kappa shape index (κ2) is 16.8. The summed E-state index contributed by atoms with van der Waals surface area (Å²) in [6, 6.07) is 29.8. The van der Waals surface area contributed by atoms with Crippen LogP contribution in [0.4, 0.5) is 5.69 Å². The van der Waals surface area contributed by atoms with E-state index in [-0.39, 0.29) is 24.4 Å². The van der Waals surface area contributed by atoms with Gasteiger partial charge in [0.25, 0.3) is 0 Å². The maximum absolute atomic E-state index is 13.9. The summed E-state index contributed by atoms with van der Waals surface area (Å²) in [5.74, 6) is 1.03. The molecule has 4 aromatic carbocycles. The largest absolute Gasteiger partial charge is 0.493 e. The third kappa shape index (κ3) is 8.77. The number of carboxylic acids is 1. The van der Waals surface area contributed by atoms with Crippen LogP contribution >= 0.6 is 0 Å². The van der Waals surface area contributed by atoms with Gasteiger partial charge in [-0.1, -0.05) is 60.2 Å². The summed E-state index contributed by atoms with van der Waals surface area (Å²) in [5, 5.41) is 9.95. The number of hydrogen-bond donors (Lipinski definition) is 1. The van der Waals surface area contributed by atoms with Gasteiger partial charge < -0.3 is 28.8 Å². The molecule has 1 fully saturated rings. The number of aliphatic carboxylic acids is 1. The minimum absolute atomic E-state index is 0.0675. The van der Waals surface area contributed by atoms with Crippen molar-refractivity contribution in [2.24, 2.45) is 0 Å². The Morgan fingerprint density at radius 3 is 2.27 bits per heavy atom. The lowest BCUT2D eigenvalue weighted by atomic mass is 10.0. The van der Waals surface area contributed by atoms with E-state index in [2.05, 4.69) is 67.0 Å². The first kappa shape index (κ1) is 36.5. The maximum atomic E-state index is 13.9. The summed E-state index contributed by atoms with van der Waals surface area (Å²) >= 11 is 0. The Balaban J connectivity index is 1.16. The average Bonchev–Trinajstić information content (AvgIpc) is 3.52. The number of aromatic nitrogens is 1. The van der Waals surface area contributed by atoms with Gasteiger partial charge in [-0.3, -0.25) is 14.5 Å². The van der Waals surface area contributed by atoms with Gasteiger partial charge in [0, 0.05) is 80.3 Å². The van der Waals surface area contributed by atoms with Crippen LogP contribution in [-0.4, -0.2) is 72.3 Å². The normalized spacial score (nSPS) is 14.1. The first-order valence-electron chi connectivity index (χ1n) is 18.2. The van der Waals surface area contributed by atoms with Crippen molar-refractivity contribution in [2.45, 2.75) is 58.8 Å². The Kier molecular flexibility index (Phi) is 11.8. The molecule has 1 N–H and O–H groups in total. The van der Waals surface area contributed by atoms with E-state index in [1.807, 2.05) is 53.2 Å². The highest BCUT2D eigenvalue weighted by Crippen LogP contribution is 2.36. The Labute approximate surface area is 306 Å². The molecule has 1 aliphatic rings. The van der Waals surface area contributed by atoms with E-state index < -0.39 is 5.97 Å². The molecule has 1 aliphatic heterocycles. The van der Waals surface area contributed by atoms with Crippen LogP contribution in [0.25, 0.3) is 10.9 Å². The van der Waals surface area contributed by atoms with Crippen LogP contribution in [0.3, 0.4) is 0 Å². The Morgan fingerprint density at radius 2 is 1.54 bits per heavy atom. The van der Waals surface area contributed by atoms with E-state index in [0.29, 0.717) is 35.6 Å². The summed E-state index contributed by atoms with van der Waals surface area (Å²) in [6.45, 7) is 11.3. The van der Waals surface area contributed by atoms with Crippen LogP contribution in [0.2, 0.25) is 0 Å². The number of rotatable bonds is 16. The first-order chi connectivity index (χ1) is 25.2. The van der Waals surface area contributed by atoms with Gasteiger partial charge in [-0.2, -0.15) is 0 Å². The molecule has 1 aromatic heterocycles. The molecule has 5 aromatic rings. The number of hydrogen-bond acceptors (Lipinski definition) is 7. The molecule has 272 valence electrons. The molecule has 52 heavy (non-hydrogen) atoms. The number of carbonyl (C=O) groups excluding carboxylic acids is 1. The number of para-hydroxylation sites is 3. The summed E-state index contributed by atoms with van der Waals surface area (Å²) in [5.41, 5.74) is 5.37. The summed E-state index contributed by atoms with van der Waals surface area (Å²) in [4.78, 5) is 30.0. The molecular formula is C43H49N3O6. The Hall–Kier alpha value is -5.28. The van der Waals surface area contributed by atoms with Crippen LogP contribution in [0.15, 0.2) is 97.2 Å². The number of carbonyl (C=O) groups is 2. The number of piperazine rings is 1. The van der Waals surface area contributed by atoms with Crippen LogP contribution in [0, 0.1) is 6.92 Å². The number of nitrogens with zero attached hydrogens (tertiary/aromatic N) is 3. The first-order valence-corrected chi connectivity index (χ1v) is 18.2. The van der Waals surface area contributed by atoms with Crippen molar-refractivity contribution in [1.29, 1.82) is 0 Å². The maximum Gasteiger partial charge on any atom is 0.303 e. The molecule has 9 heteroatoms. The predicted octanol–water partition coefficient (Wildman–Crippen LogP) is 8.17. The van der Waals surface area contributed by atoms with Crippen molar-refractivity contribution < 1.29 is 28.9 Å². The van der Waals surface area contributed by atoms with Crippen molar-refractivity contribution in [3.63, 3.8) is 0 Å². The molecular weight excluding hydrogens is 654 g/mol. The third-order valence-electron chi connectivity index (χ3n) is 9.62. The van der Waals surface area contributed by atoms with E-state index in [1.54, 1.807) is 19.2 Å². The van der Waals surface area contributed by atoms with E-state index in [9.17, 15) is 9.59 Å². The zero-order valence-corrected chi connectivity index (χ0v) is 30.6. The number of ketones is 1. The molecule has 0 radical (unpaired) electrons. The highest BCUT2D eigenvalue weighted by molar-refractivity contribution is 6.16. The molecule has 1 atom stereocenters. The average molecular weight is 704 g/mol. The lowest BCUT2D eigenvalue weighted by Crippen LogP contribution is -2.47. The molecule has 6 rings (SSSR count). The molecule has 2 heterocycles. The number of fused-ring (bicyclic) bond motifs is 1. The number of ether oxygens (including phenoxy) is 3. The fourth-order valence-corrected chi connectivity index (χ4v) is 6.89. The smallest absolute Gasteiger partial charge is 0.303 e. The number of benzene rings is 4. The fraction of sp³-hybridized carbons (Fsp3) is 0.349. The van der Waals surface area contributed by atoms with Crippen LogP contribution in [0.5, 0.6) is 17.2 Å². The zero-order chi connectivity index (χ0) is 36.6. The summed E-state index contributed by atoms with van der Waals surface area (Å²) in [7, 11) is 1.59. The molecule has 0 aliphatic carbocycles. The minimum atomic E-state index is -0.833. The number of aryl methyl sites for hydroxylation is 2. The monoisotopic (exact) mass is 703 g/mol. The third-order valence-corrected chi connectivity index (χ3v) is 9.62. The zero-order valence-electron chi connectivity index (χ0n) is 30.6. The van der Waals surface area contributed by atoms with Gasteiger partial charge >= 0.3 is 5.97 Å². The van der Waals surface area contributed by atoms with Crippen molar-refractivity contribution in [3.05, 3.63) is 119 Å². The predicted molar refractivity (Wildman–Crippen MR) is 205 cm³/mol. The molecule has 9 nitrogen and oxygen atoms in total. The molecule has 1 saturated heterocycles. The number of anilines is 1. The standard InChI is InChI=1S/C43H49N3O6/c1-30(2)51-39-13-8-7-12-37(39)45-26-24-44(25-27-45)23-21-38(32-17-15-31(3)16-18-32)52-40-20-19-33(28-41(40)50-4)43(49)35-29-46(22-9-14-42(47)48)36-11-6-5-10-34(35)36/h5-8,10-13,15-20,28-30,38H,9,14,21-27H2,1-4H3,(H,47,48). The van der Waals surface area contributed by atoms with E-state index in [0.717, 1.165) is 67.0 Å². The van der Waals surface area contributed by atoms with E-state index in [4.69, 9.17) is 19.3 Å². The number of methoxy groups -OCH3 is 1.